The molecule has 88 valence electrons. The Bertz CT molecular complexity index is 346. The molecule has 0 fully saturated rings. The summed E-state index contributed by atoms with van der Waals surface area (Å²) in [6.07, 6.45) is 2.02. The molecule has 1 aromatic rings. The molecular weight excluding hydrogens is 214 g/mol. The molecule has 1 rings (SSSR count). The Kier molecular flexibility index (Phi) is 4.53. The summed E-state index contributed by atoms with van der Waals surface area (Å²) in [5, 5.41) is 11.1. The van der Waals surface area contributed by atoms with Crippen LogP contribution < -0.4 is 5.32 Å². The number of hydrogen-bond acceptors (Lipinski definition) is 4. The topological polar surface area (TPSA) is 88.8 Å². The summed E-state index contributed by atoms with van der Waals surface area (Å²) in [5.74, 6) is -1.29. The van der Waals surface area contributed by atoms with Gasteiger partial charge >= 0.3 is 5.97 Å². The number of carbonyl (C=O) groups is 2. The van der Waals surface area contributed by atoms with E-state index in [1.807, 2.05) is 0 Å². The first-order valence-corrected chi connectivity index (χ1v) is 4.68. The van der Waals surface area contributed by atoms with Crippen LogP contribution in [0.3, 0.4) is 0 Å². The Morgan fingerprint density at radius 1 is 1.62 bits per heavy atom. The molecule has 0 aliphatic rings. The van der Waals surface area contributed by atoms with E-state index in [1.165, 1.54) is 25.7 Å². The third-order valence-electron chi connectivity index (χ3n) is 2.01. The maximum atomic E-state index is 11.4. The molecule has 1 heterocycles. The van der Waals surface area contributed by atoms with Gasteiger partial charge in [0.05, 0.1) is 24.4 Å². The summed E-state index contributed by atoms with van der Waals surface area (Å²) in [5.41, 5.74) is 0.394. The number of hydrogen-bond donors (Lipinski definition) is 2. The molecule has 1 aromatic heterocycles. The zero-order valence-electron chi connectivity index (χ0n) is 8.80. The standard InChI is InChI=1S/C10H13NO5/c1-15-8(4-9(12)13)5-11-10(14)7-2-3-16-6-7/h2-3,6,8H,4-5H2,1H3,(H,11,14)(H,12,13). The quantitative estimate of drug-likeness (QED) is 0.738. The Morgan fingerprint density at radius 3 is 2.88 bits per heavy atom. The molecule has 1 atom stereocenters. The maximum Gasteiger partial charge on any atom is 0.306 e. The monoisotopic (exact) mass is 227 g/mol. The fraction of sp³-hybridized carbons (Fsp3) is 0.400. The highest BCUT2D eigenvalue weighted by Crippen LogP contribution is 2.00. The lowest BCUT2D eigenvalue weighted by molar-refractivity contribution is -0.139. The molecule has 2 N–H and O–H groups in total. The molecule has 0 spiro atoms. The van der Waals surface area contributed by atoms with E-state index in [2.05, 4.69) is 5.32 Å². The van der Waals surface area contributed by atoms with Crippen molar-refractivity contribution in [1.29, 1.82) is 0 Å². The van der Waals surface area contributed by atoms with Gasteiger partial charge in [0, 0.05) is 13.7 Å². The van der Waals surface area contributed by atoms with Crippen LogP contribution in [-0.2, 0) is 9.53 Å². The molecule has 0 aliphatic carbocycles. The summed E-state index contributed by atoms with van der Waals surface area (Å²) in [6, 6.07) is 1.52. The van der Waals surface area contributed by atoms with Crippen molar-refractivity contribution in [2.24, 2.45) is 0 Å². The van der Waals surface area contributed by atoms with E-state index in [0.29, 0.717) is 5.56 Å². The van der Waals surface area contributed by atoms with Crippen molar-refractivity contribution in [3.63, 3.8) is 0 Å². The molecule has 16 heavy (non-hydrogen) atoms. The summed E-state index contributed by atoms with van der Waals surface area (Å²) in [7, 11) is 1.40. The van der Waals surface area contributed by atoms with Crippen molar-refractivity contribution in [2.45, 2.75) is 12.5 Å². The van der Waals surface area contributed by atoms with Gasteiger partial charge < -0.3 is 19.6 Å². The van der Waals surface area contributed by atoms with Gasteiger partial charge in [-0.2, -0.15) is 0 Å². The minimum atomic E-state index is -0.968. The predicted octanol–water partition coefficient (Wildman–Crippen LogP) is 0.499. The smallest absolute Gasteiger partial charge is 0.306 e. The fourth-order valence-corrected chi connectivity index (χ4v) is 1.14. The van der Waals surface area contributed by atoms with Crippen LogP contribution in [0, 0.1) is 0 Å². The van der Waals surface area contributed by atoms with Crippen LogP contribution in [0.15, 0.2) is 23.0 Å². The van der Waals surface area contributed by atoms with E-state index >= 15 is 0 Å². The first kappa shape index (κ1) is 12.3. The number of aliphatic carboxylic acids is 1. The molecular formula is C10H13NO5. The number of methoxy groups -OCH3 is 1. The molecule has 6 heteroatoms. The van der Waals surface area contributed by atoms with E-state index in [0.717, 1.165) is 0 Å². The van der Waals surface area contributed by atoms with Gasteiger partial charge in [0.2, 0.25) is 0 Å². The second-order valence-corrected chi connectivity index (χ2v) is 3.18. The summed E-state index contributed by atoms with van der Waals surface area (Å²) >= 11 is 0. The van der Waals surface area contributed by atoms with Gasteiger partial charge in [-0.05, 0) is 6.07 Å². The van der Waals surface area contributed by atoms with Crippen LogP contribution >= 0.6 is 0 Å². The van der Waals surface area contributed by atoms with Gasteiger partial charge in [0.15, 0.2) is 0 Å². The number of furan rings is 1. The number of ether oxygens (including phenoxy) is 1. The van der Waals surface area contributed by atoms with E-state index in [9.17, 15) is 9.59 Å². The zero-order valence-corrected chi connectivity index (χ0v) is 8.80. The van der Waals surface area contributed by atoms with Crippen molar-refractivity contribution in [1.82, 2.24) is 5.32 Å². The van der Waals surface area contributed by atoms with Gasteiger partial charge in [-0.1, -0.05) is 0 Å². The first-order valence-electron chi connectivity index (χ1n) is 4.68. The zero-order chi connectivity index (χ0) is 12.0. The van der Waals surface area contributed by atoms with E-state index < -0.39 is 12.1 Å². The highest BCUT2D eigenvalue weighted by Gasteiger charge is 2.14. The molecule has 0 saturated heterocycles. The van der Waals surface area contributed by atoms with Crippen LogP contribution in [0.25, 0.3) is 0 Å². The van der Waals surface area contributed by atoms with Crippen LogP contribution in [0.1, 0.15) is 16.8 Å². The average Bonchev–Trinajstić information content (AvgIpc) is 2.76. The van der Waals surface area contributed by atoms with Gasteiger partial charge in [-0.3, -0.25) is 9.59 Å². The highest BCUT2D eigenvalue weighted by atomic mass is 16.5. The largest absolute Gasteiger partial charge is 0.481 e. The lowest BCUT2D eigenvalue weighted by Gasteiger charge is -2.13. The third-order valence-corrected chi connectivity index (χ3v) is 2.01. The average molecular weight is 227 g/mol. The minimum Gasteiger partial charge on any atom is -0.481 e. The number of rotatable bonds is 6. The Hall–Kier alpha value is -1.82. The third kappa shape index (κ3) is 3.74. The number of carbonyl (C=O) groups excluding carboxylic acids is 1. The van der Waals surface area contributed by atoms with Crippen molar-refractivity contribution >= 4 is 11.9 Å². The number of amides is 1. The second-order valence-electron chi connectivity index (χ2n) is 3.18. The summed E-state index contributed by atoms with van der Waals surface area (Å²) in [6.45, 7) is 0.146. The van der Waals surface area contributed by atoms with Gasteiger partial charge in [-0.15, -0.1) is 0 Å². The highest BCUT2D eigenvalue weighted by molar-refractivity contribution is 5.93. The molecule has 0 bridgehead atoms. The van der Waals surface area contributed by atoms with Crippen LogP contribution in [-0.4, -0.2) is 36.7 Å². The predicted molar refractivity (Wildman–Crippen MR) is 54.1 cm³/mol. The van der Waals surface area contributed by atoms with Gasteiger partial charge in [0.1, 0.15) is 6.26 Å². The number of carboxylic acid groups (broad SMARTS) is 1. The van der Waals surface area contributed by atoms with Crippen LogP contribution in [0.4, 0.5) is 0 Å². The molecule has 1 unspecified atom stereocenters. The first-order chi connectivity index (χ1) is 7.63. The summed E-state index contributed by atoms with van der Waals surface area (Å²) in [4.78, 5) is 21.9. The van der Waals surface area contributed by atoms with E-state index in [4.69, 9.17) is 14.3 Å². The van der Waals surface area contributed by atoms with E-state index in [-0.39, 0.29) is 18.9 Å². The van der Waals surface area contributed by atoms with Crippen molar-refractivity contribution in [2.75, 3.05) is 13.7 Å². The van der Waals surface area contributed by atoms with Gasteiger partial charge in [-0.25, -0.2) is 0 Å². The van der Waals surface area contributed by atoms with E-state index in [1.54, 1.807) is 0 Å². The SMILES string of the molecule is COC(CNC(=O)c1ccoc1)CC(=O)O. The van der Waals surface area contributed by atoms with Crippen molar-refractivity contribution < 1.29 is 23.8 Å². The Morgan fingerprint density at radius 2 is 2.38 bits per heavy atom. The molecule has 1 amide bonds. The van der Waals surface area contributed by atoms with Crippen LogP contribution in [0.2, 0.25) is 0 Å². The number of carboxylic acids is 1. The normalized spacial score (nSPS) is 12.1. The maximum absolute atomic E-state index is 11.4. The molecule has 0 radical (unpaired) electrons. The van der Waals surface area contributed by atoms with Crippen LogP contribution in [0.5, 0.6) is 0 Å². The minimum absolute atomic E-state index is 0.146. The Balaban J connectivity index is 2.38. The lowest BCUT2D eigenvalue weighted by Crippen LogP contribution is -2.34. The lowest BCUT2D eigenvalue weighted by atomic mass is 10.2. The second kappa shape index (κ2) is 5.92. The number of nitrogens with one attached hydrogen (secondary N) is 1. The molecule has 0 aromatic carbocycles. The molecule has 0 aliphatic heterocycles. The molecule has 0 saturated carbocycles. The van der Waals surface area contributed by atoms with Crippen molar-refractivity contribution in [3.8, 4) is 0 Å². The fourth-order valence-electron chi connectivity index (χ4n) is 1.14. The summed E-state index contributed by atoms with van der Waals surface area (Å²) < 4.78 is 9.66. The van der Waals surface area contributed by atoms with Gasteiger partial charge in [0.25, 0.3) is 5.91 Å². The molecule has 6 nitrogen and oxygen atoms in total. The Labute approximate surface area is 92.2 Å². The van der Waals surface area contributed by atoms with Crippen molar-refractivity contribution in [3.05, 3.63) is 24.2 Å².